The molecule has 6 nitrogen and oxygen atoms in total. The molecular formula is C17H16F3NO5S. The maximum atomic E-state index is 12.6. The molecule has 146 valence electrons. The first-order valence-corrected chi connectivity index (χ1v) is 9.14. The highest BCUT2D eigenvalue weighted by molar-refractivity contribution is 7.89. The van der Waals surface area contributed by atoms with Gasteiger partial charge in [0.05, 0.1) is 16.9 Å². The zero-order valence-corrected chi connectivity index (χ0v) is 14.8. The summed E-state index contributed by atoms with van der Waals surface area (Å²) in [6.45, 7) is 1.35. The molecule has 2 atom stereocenters. The van der Waals surface area contributed by atoms with Gasteiger partial charge in [-0.25, -0.2) is 13.1 Å². The second kappa shape index (κ2) is 7.97. The summed E-state index contributed by atoms with van der Waals surface area (Å²) in [4.78, 5) is 11.0. The SMILES string of the molecule is C[C@@H](C(=O)O)[C@H](NS(=O)(=O)c1ccc(OC(F)(F)F)cc1)c1ccccc1. The molecule has 0 aromatic heterocycles. The van der Waals surface area contributed by atoms with Gasteiger partial charge in [-0.15, -0.1) is 13.2 Å². The Hall–Kier alpha value is -2.59. The fourth-order valence-corrected chi connectivity index (χ4v) is 3.62. The van der Waals surface area contributed by atoms with Crippen LogP contribution in [0.5, 0.6) is 5.75 Å². The molecule has 2 N–H and O–H groups in total. The van der Waals surface area contributed by atoms with Crippen molar-refractivity contribution in [3.8, 4) is 5.75 Å². The third kappa shape index (κ3) is 5.69. The topological polar surface area (TPSA) is 92.7 Å². The van der Waals surface area contributed by atoms with E-state index in [1.54, 1.807) is 30.3 Å². The predicted octanol–water partition coefficient (Wildman–Crippen LogP) is 3.33. The lowest BCUT2D eigenvalue weighted by molar-refractivity contribution is -0.274. The Balaban J connectivity index is 2.29. The minimum atomic E-state index is -4.89. The van der Waals surface area contributed by atoms with Crippen LogP contribution in [0.25, 0.3) is 0 Å². The van der Waals surface area contributed by atoms with Crippen LogP contribution in [0.4, 0.5) is 13.2 Å². The lowest BCUT2D eigenvalue weighted by Crippen LogP contribution is -2.35. The number of sulfonamides is 1. The highest BCUT2D eigenvalue weighted by Gasteiger charge is 2.32. The van der Waals surface area contributed by atoms with Crippen molar-refractivity contribution in [2.75, 3.05) is 0 Å². The molecule has 0 fully saturated rings. The first kappa shape index (κ1) is 20.7. The Morgan fingerprint density at radius 1 is 1.07 bits per heavy atom. The number of ether oxygens (including phenoxy) is 1. The molecule has 0 radical (unpaired) electrons. The maximum Gasteiger partial charge on any atom is 0.573 e. The van der Waals surface area contributed by atoms with Gasteiger partial charge in [-0.2, -0.15) is 0 Å². The molecular weight excluding hydrogens is 387 g/mol. The van der Waals surface area contributed by atoms with Crippen molar-refractivity contribution in [1.29, 1.82) is 0 Å². The number of carboxylic acid groups (broad SMARTS) is 1. The van der Waals surface area contributed by atoms with E-state index in [9.17, 15) is 31.5 Å². The van der Waals surface area contributed by atoms with Crippen LogP contribution in [0.3, 0.4) is 0 Å². The van der Waals surface area contributed by atoms with Crippen LogP contribution in [0.2, 0.25) is 0 Å². The fraction of sp³-hybridized carbons (Fsp3) is 0.235. The average molecular weight is 403 g/mol. The van der Waals surface area contributed by atoms with Crippen LogP contribution >= 0.6 is 0 Å². The van der Waals surface area contributed by atoms with Crippen LogP contribution in [-0.2, 0) is 14.8 Å². The molecule has 0 bridgehead atoms. The summed E-state index contributed by atoms with van der Waals surface area (Å²) in [7, 11) is -4.20. The number of hydrogen-bond acceptors (Lipinski definition) is 4. The molecule has 27 heavy (non-hydrogen) atoms. The van der Waals surface area contributed by atoms with E-state index >= 15 is 0 Å². The van der Waals surface area contributed by atoms with E-state index in [4.69, 9.17) is 0 Å². The van der Waals surface area contributed by atoms with E-state index in [-0.39, 0.29) is 4.90 Å². The van der Waals surface area contributed by atoms with Crippen molar-refractivity contribution in [2.24, 2.45) is 5.92 Å². The monoisotopic (exact) mass is 403 g/mol. The molecule has 2 aromatic rings. The molecule has 0 unspecified atom stereocenters. The number of alkyl halides is 3. The zero-order valence-electron chi connectivity index (χ0n) is 14.0. The Morgan fingerprint density at radius 2 is 1.63 bits per heavy atom. The van der Waals surface area contributed by atoms with Gasteiger partial charge < -0.3 is 9.84 Å². The third-order valence-corrected chi connectivity index (χ3v) is 5.15. The minimum absolute atomic E-state index is 0.324. The second-order valence-corrected chi connectivity index (χ2v) is 7.37. The lowest BCUT2D eigenvalue weighted by atomic mass is 9.96. The summed E-state index contributed by atoms with van der Waals surface area (Å²) in [5.41, 5.74) is 0.438. The van der Waals surface area contributed by atoms with Crippen LogP contribution < -0.4 is 9.46 Å². The van der Waals surface area contributed by atoms with Gasteiger partial charge in [-0.3, -0.25) is 4.79 Å². The molecule has 2 rings (SSSR count). The molecule has 0 aliphatic carbocycles. The molecule has 0 heterocycles. The Labute approximate surface area is 153 Å². The summed E-state index contributed by atoms with van der Waals surface area (Å²) < 4.78 is 67.7. The van der Waals surface area contributed by atoms with E-state index in [0.717, 1.165) is 24.3 Å². The first-order chi connectivity index (χ1) is 12.5. The smallest absolute Gasteiger partial charge is 0.481 e. The minimum Gasteiger partial charge on any atom is -0.481 e. The molecule has 0 spiro atoms. The van der Waals surface area contributed by atoms with Crippen LogP contribution in [-0.4, -0.2) is 25.9 Å². The number of halogens is 3. The van der Waals surface area contributed by atoms with Gasteiger partial charge in [0.2, 0.25) is 10.0 Å². The highest BCUT2D eigenvalue weighted by atomic mass is 32.2. The number of aliphatic carboxylic acids is 1. The van der Waals surface area contributed by atoms with Gasteiger partial charge in [-0.1, -0.05) is 37.3 Å². The van der Waals surface area contributed by atoms with Gasteiger partial charge in [0, 0.05) is 0 Å². The van der Waals surface area contributed by atoms with Crippen molar-refractivity contribution in [2.45, 2.75) is 24.2 Å². The normalized spacial score (nSPS) is 14.4. The van der Waals surface area contributed by atoms with Gasteiger partial charge in [0.1, 0.15) is 5.75 Å². The van der Waals surface area contributed by atoms with Gasteiger partial charge in [-0.05, 0) is 29.8 Å². The molecule has 2 aromatic carbocycles. The highest BCUT2D eigenvalue weighted by Crippen LogP contribution is 2.27. The number of rotatable bonds is 7. The van der Waals surface area contributed by atoms with Crippen molar-refractivity contribution in [1.82, 2.24) is 4.72 Å². The van der Waals surface area contributed by atoms with E-state index < -0.39 is 40.1 Å². The summed E-state index contributed by atoms with van der Waals surface area (Å²) in [6.07, 6.45) is -4.89. The van der Waals surface area contributed by atoms with Crippen LogP contribution in [0.1, 0.15) is 18.5 Å². The Bertz CT molecular complexity index is 883. The molecule has 0 amide bonds. The second-order valence-electron chi connectivity index (χ2n) is 5.66. The Kier molecular flexibility index (Phi) is 6.11. The van der Waals surface area contributed by atoms with Crippen molar-refractivity contribution in [3.05, 3.63) is 60.2 Å². The van der Waals surface area contributed by atoms with Crippen molar-refractivity contribution >= 4 is 16.0 Å². The zero-order chi connectivity index (χ0) is 20.2. The first-order valence-electron chi connectivity index (χ1n) is 7.65. The molecule has 0 saturated heterocycles. The van der Waals surface area contributed by atoms with E-state index in [1.807, 2.05) is 0 Å². The maximum absolute atomic E-state index is 12.6. The van der Waals surface area contributed by atoms with Gasteiger partial charge in [0.15, 0.2) is 0 Å². The largest absolute Gasteiger partial charge is 0.573 e. The number of carbonyl (C=O) groups is 1. The Morgan fingerprint density at radius 3 is 2.11 bits per heavy atom. The molecule has 0 aliphatic rings. The van der Waals surface area contributed by atoms with E-state index in [1.165, 1.54) is 6.92 Å². The number of benzene rings is 2. The quantitative estimate of drug-likeness (QED) is 0.740. The standard InChI is InChI=1S/C17H16F3NO5S/c1-11(16(22)23)15(12-5-3-2-4-6-12)21-27(24,25)14-9-7-13(8-10-14)26-17(18,19)20/h2-11,15,21H,1H3,(H,22,23)/t11-,15+/m1/s1. The van der Waals surface area contributed by atoms with Gasteiger partial charge in [0.25, 0.3) is 0 Å². The molecule has 0 aliphatic heterocycles. The van der Waals surface area contributed by atoms with Crippen molar-refractivity contribution < 1.29 is 36.2 Å². The van der Waals surface area contributed by atoms with E-state index in [0.29, 0.717) is 5.56 Å². The summed E-state index contributed by atoms with van der Waals surface area (Å²) in [6, 6.07) is 10.6. The van der Waals surface area contributed by atoms with Crippen LogP contribution in [0, 0.1) is 5.92 Å². The van der Waals surface area contributed by atoms with Crippen molar-refractivity contribution in [3.63, 3.8) is 0 Å². The number of nitrogens with one attached hydrogen (secondary N) is 1. The van der Waals surface area contributed by atoms with Gasteiger partial charge >= 0.3 is 12.3 Å². The lowest BCUT2D eigenvalue weighted by Gasteiger charge is -2.23. The summed E-state index contributed by atoms with van der Waals surface area (Å²) in [5, 5.41) is 9.27. The fourth-order valence-electron chi connectivity index (χ4n) is 2.32. The number of hydrogen-bond donors (Lipinski definition) is 2. The molecule has 10 heteroatoms. The van der Waals surface area contributed by atoms with E-state index in [2.05, 4.69) is 9.46 Å². The summed E-state index contributed by atoms with van der Waals surface area (Å²) in [5.74, 6) is -2.87. The summed E-state index contributed by atoms with van der Waals surface area (Å²) >= 11 is 0. The third-order valence-electron chi connectivity index (χ3n) is 3.70. The average Bonchev–Trinajstić information content (AvgIpc) is 2.59. The molecule has 0 saturated carbocycles. The number of carboxylic acids is 1. The van der Waals surface area contributed by atoms with Crippen LogP contribution in [0.15, 0.2) is 59.5 Å². The predicted molar refractivity (Wildman–Crippen MR) is 89.4 cm³/mol.